The van der Waals surface area contributed by atoms with E-state index in [1.807, 2.05) is 37.3 Å². The van der Waals surface area contributed by atoms with Crippen molar-refractivity contribution in [3.8, 4) is 0 Å². The molecule has 0 aliphatic rings. The van der Waals surface area contributed by atoms with Crippen molar-refractivity contribution in [1.82, 2.24) is 5.32 Å². The molecule has 0 radical (unpaired) electrons. The highest BCUT2D eigenvalue weighted by molar-refractivity contribution is 5.81. The molecule has 15 heavy (non-hydrogen) atoms. The summed E-state index contributed by atoms with van der Waals surface area (Å²) < 4.78 is 0. The van der Waals surface area contributed by atoms with Gasteiger partial charge in [0.15, 0.2) is 0 Å². The SMILES string of the molecule is CCNC(=O)C(N)CCc1ccccc1. The van der Waals surface area contributed by atoms with Crippen LogP contribution in [-0.2, 0) is 11.2 Å². The zero-order chi connectivity index (χ0) is 11.1. The number of benzene rings is 1. The fourth-order valence-electron chi connectivity index (χ4n) is 1.40. The summed E-state index contributed by atoms with van der Waals surface area (Å²) in [6.45, 7) is 2.53. The third kappa shape index (κ3) is 4.13. The number of rotatable bonds is 5. The maximum Gasteiger partial charge on any atom is 0.236 e. The molecule has 1 amide bonds. The van der Waals surface area contributed by atoms with E-state index in [1.54, 1.807) is 0 Å². The Labute approximate surface area is 90.7 Å². The summed E-state index contributed by atoms with van der Waals surface area (Å²) in [5.74, 6) is -0.0616. The van der Waals surface area contributed by atoms with Crippen LogP contribution in [0.4, 0.5) is 0 Å². The van der Waals surface area contributed by atoms with E-state index in [2.05, 4.69) is 5.32 Å². The molecule has 82 valence electrons. The van der Waals surface area contributed by atoms with E-state index in [-0.39, 0.29) is 5.91 Å². The number of hydrogen-bond donors (Lipinski definition) is 2. The highest BCUT2D eigenvalue weighted by Crippen LogP contribution is 2.03. The first kappa shape index (κ1) is 11.7. The molecular formula is C12H18N2O. The molecule has 0 fully saturated rings. The minimum Gasteiger partial charge on any atom is -0.355 e. The van der Waals surface area contributed by atoms with Gasteiger partial charge in [-0.25, -0.2) is 0 Å². The molecule has 1 unspecified atom stereocenters. The summed E-state index contributed by atoms with van der Waals surface area (Å²) in [6.07, 6.45) is 1.54. The van der Waals surface area contributed by atoms with E-state index in [0.717, 1.165) is 6.42 Å². The van der Waals surface area contributed by atoms with Gasteiger partial charge in [-0.1, -0.05) is 30.3 Å². The Balaban J connectivity index is 2.34. The van der Waals surface area contributed by atoms with E-state index in [9.17, 15) is 4.79 Å². The maximum absolute atomic E-state index is 11.3. The molecule has 1 aromatic rings. The lowest BCUT2D eigenvalue weighted by Gasteiger charge is -2.10. The smallest absolute Gasteiger partial charge is 0.236 e. The number of hydrogen-bond acceptors (Lipinski definition) is 2. The highest BCUT2D eigenvalue weighted by atomic mass is 16.2. The second-order valence-electron chi connectivity index (χ2n) is 3.53. The quantitative estimate of drug-likeness (QED) is 0.757. The van der Waals surface area contributed by atoms with Crippen LogP contribution in [0.2, 0.25) is 0 Å². The van der Waals surface area contributed by atoms with E-state index < -0.39 is 6.04 Å². The van der Waals surface area contributed by atoms with Gasteiger partial charge in [-0.3, -0.25) is 4.79 Å². The van der Waals surface area contributed by atoms with Crippen LogP contribution in [0.1, 0.15) is 18.9 Å². The lowest BCUT2D eigenvalue weighted by molar-refractivity contribution is -0.122. The van der Waals surface area contributed by atoms with Gasteiger partial charge in [0.2, 0.25) is 5.91 Å². The number of carbonyl (C=O) groups is 1. The Kier molecular flexibility index (Phi) is 4.84. The number of aryl methyl sites for hydroxylation is 1. The summed E-state index contributed by atoms with van der Waals surface area (Å²) in [4.78, 5) is 11.3. The molecule has 0 saturated carbocycles. The molecule has 0 bridgehead atoms. The van der Waals surface area contributed by atoms with Crippen LogP contribution < -0.4 is 11.1 Å². The third-order valence-electron chi connectivity index (χ3n) is 2.27. The second-order valence-corrected chi connectivity index (χ2v) is 3.53. The molecule has 3 heteroatoms. The van der Waals surface area contributed by atoms with Gasteiger partial charge in [0.1, 0.15) is 0 Å². The predicted molar refractivity (Wildman–Crippen MR) is 61.4 cm³/mol. The Bertz CT molecular complexity index is 298. The molecule has 1 atom stereocenters. The lowest BCUT2D eigenvalue weighted by atomic mass is 10.1. The number of amides is 1. The zero-order valence-electron chi connectivity index (χ0n) is 9.07. The molecule has 0 aliphatic carbocycles. The van der Waals surface area contributed by atoms with Crippen molar-refractivity contribution in [1.29, 1.82) is 0 Å². The van der Waals surface area contributed by atoms with Crippen LogP contribution in [0.25, 0.3) is 0 Å². The lowest BCUT2D eigenvalue weighted by Crippen LogP contribution is -2.40. The first-order valence-corrected chi connectivity index (χ1v) is 5.31. The fraction of sp³-hybridized carbons (Fsp3) is 0.417. The Morgan fingerprint density at radius 2 is 2.07 bits per heavy atom. The van der Waals surface area contributed by atoms with Gasteiger partial charge in [0.05, 0.1) is 6.04 Å². The van der Waals surface area contributed by atoms with Crippen molar-refractivity contribution in [2.45, 2.75) is 25.8 Å². The Morgan fingerprint density at radius 1 is 1.40 bits per heavy atom. The van der Waals surface area contributed by atoms with Gasteiger partial charge < -0.3 is 11.1 Å². The number of nitrogens with one attached hydrogen (secondary N) is 1. The predicted octanol–water partition coefficient (Wildman–Crippen LogP) is 1.08. The van der Waals surface area contributed by atoms with E-state index >= 15 is 0 Å². The maximum atomic E-state index is 11.3. The van der Waals surface area contributed by atoms with Gasteiger partial charge in [-0.2, -0.15) is 0 Å². The molecule has 0 aliphatic heterocycles. The van der Waals surface area contributed by atoms with Crippen LogP contribution in [0.5, 0.6) is 0 Å². The summed E-state index contributed by atoms with van der Waals surface area (Å²) in [5.41, 5.74) is 6.96. The summed E-state index contributed by atoms with van der Waals surface area (Å²) in [7, 11) is 0. The fourth-order valence-corrected chi connectivity index (χ4v) is 1.40. The normalized spacial score (nSPS) is 12.1. The molecule has 3 N–H and O–H groups in total. The second kappa shape index (κ2) is 6.19. The topological polar surface area (TPSA) is 55.1 Å². The van der Waals surface area contributed by atoms with Gasteiger partial charge in [0.25, 0.3) is 0 Å². The van der Waals surface area contributed by atoms with Gasteiger partial charge in [0, 0.05) is 6.54 Å². The van der Waals surface area contributed by atoms with Crippen LogP contribution in [0.3, 0.4) is 0 Å². The molecule has 0 saturated heterocycles. The van der Waals surface area contributed by atoms with Crippen molar-refractivity contribution in [2.24, 2.45) is 5.73 Å². The standard InChI is InChI=1S/C12H18N2O/c1-2-14-12(15)11(13)9-8-10-6-4-3-5-7-10/h3-7,11H,2,8-9,13H2,1H3,(H,14,15). The van der Waals surface area contributed by atoms with Crippen LogP contribution in [0, 0.1) is 0 Å². The number of nitrogens with two attached hydrogens (primary N) is 1. The Morgan fingerprint density at radius 3 is 2.67 bits per heavy atom. The molecule has 1 rings (SSSR count). The number of likely N-dealkylation sites (N-methyl/N-ethyl adjacent to an activating group) is 1. The van der Waals surface area contributed by atoms with Gasteiger partial charge in [-0.15, -0.1) is 0 Å². The van der Waals surface area contributed by atoms with E-state index in [0.29, 0.717) is 13.0 Å². The van der Waals surface area contributed by atoms with Crippen LogP contribution in [-0.4, -0.2) is 18.5 Å². The van der Waals surface area contributed by atoms with E-state index in [4.69, 9.17) is 5.73 Å². The summed E-state index contributed by atoms with van der Waals surface area (Å²) >= 11 is 0. The first-order chi connectivity index (χ1) is 7.24. The molecule has 3 nitrogen and oxygen atoms in total. The molecule has 0 heterocycles. The third-order valence-corrected chi connectivity index (χ3v) is 2.27. The molecular weight excluding hydrogens is 188 g/mol. The van der Waals surface area contributed by atoms with Crippen LogP contribution >= 0.6 is 0 Å². The number of carbonyl (C=O) groups excluding carboxylic acids is 1. The van der Waals surface area contributed by atoms with Gasteiger partial charge in [-0.05, 0) is 25.3 Å². The zero-order valence-corrected chi connectivity index (χ0v) is 9.07. The van der Waals surface area contributed by atoms with Crippen molar-refractivity contribution < 1.29 is 4.79 Å². The largest absolute Gasteiger partial charge is 0.355 e. The minimum atomic E-state index is -0.398. The van der Waals surface area contributed by atoms with Crippen molar-refractivity contribution in [2.75, 3.05) is 6.54 Å². The monoisotopic (exact) mass is 206 g/mol. The Hall–Kier alpha value is -1.35. The average Bonchev–Trinajstić information content (AvgIpc) is 2.27. The van der Waals surface area contributed by atoms with Crippen molar-refractivity contribution in [3.63, 3.8) is 0 Å². The molecule has 0 aromatic heterocycles. The summed E-state index contributed by atoms with van der Waals surface area (Å²) in [6, 6.07) is 9.66. The summed E-state index contributed by atoms with van der Waals surface area (Å²) in [5, 5.41) is 2.72. The molecule has 1 aromatic carbocycles. The highest BCUT2D eigenvalue weighted by Gasteiger charge is 2.11. The van der Waals surface area contributed by atoms with E-state index in [1.165, 1.54) is 5.56 Å². The average molecular weight is 206 g/mol. The van der Waals surface area contributed by atoms with Crippen molar-refractivity contribution >= 4 is 5.91 Å². The van der Waals surface area contributed by atoms with Crippen LogP contribution in [0.15, 0.2) is 30.3 Å². The van der Waals surface area contributed by atoms with Crippen molar-refractivity contribution in [3.05, 3.63) is 35.9 Å². The first-order valence-electron chi connectivity index (χ1n) is 5.31. The minimum absolute atomic E-state index is 0.0616. The van der Waals surface area contributed by atoms with Gasteiger partial charge >= 0.3 is 0 Å². The molecule has 0 spiro atoms.